The Morgan fingerprint density at radius 2 is 2.00 bits per heavy atom. The van der Waals surface area contributed by atoms with E-state index in [9.17, 15) is 0 Å². The summed E-state index contributed by atoms with van der Waals surface area (Å²) in [7, 11) is 0. The molecule has 0 bridgehead atoms. The quantitative estimate of drug-likeness (QED) is 0.653. The van der Waals surface area contributed by atoms with Crippen LogP contribution < -0.4 is 0 Å². The zero-order valence-electron chi connectivity index (χ0n) is 11.5. The van der Waals surface area contributed by atoms with E-state index in [-0.39, 0.29) is 5.92 Å². The molecule has 0 aliphatic rings. The van der Waals surface area contributed by atoms with Gasteiger partial charge < -0.3 is 0 Å². The number of nitrogens with zero attached hydrogens (tertiary/aromatic N) is 2. The lowest BCUT2D eigenvalue weighted by atomic mass is 9.96. The van der Waals surface area contributed by atoms with E-state index < -0.39 is 0 Å². The zero-order valence-corrected chi connectivity index (χ0v) is 14.6. The zero-order chi connectivity index (χ0) is 14.7. The van der Waals surface area contributed by atoms with Crippen LogP contribution >= 0.6 is 39.1 Å². The molecule has 0 spiro atoms. The molecule has 0 aliphatic carbocycles. The Labute approximate surface area is 138 Å². The molecule has 1 aromatic carbocycles. The van der Waals surface area contributed by atoms with Crippen molar-refractivity contribution in [1.29, 1.82) is 0 Å². The highest BCUT2D eigenvalue weighted by Gasteiger charge is 2.20. The first-order valence-electron chi connectivity index (χ1n) is 6.60. The number of rotatable bonds is 5. The summed E-state index contributed by atoms with van der Waals surface area (Å²) in [5.41, 5.74) is 3.11. The number of hydrogen-bond acceptors (Lipinski definition) is 1. The molecular formula is C15H17BrCl2N2. The third-order valence-electron chi connectivity index (χ3n) is 3.42. The summed E-state index contributed by atoms with van der Waals surface area (Å²) in [5, 5.41) is 6.87. The van der Waals surface area contributed by atoms with Crippen molar-refractivity contribution in [2.75, 3.05) is 5.33 Å². The normalized spacial score (nSPS) is 12.7. The lowest BCUT2D eigenvalue weighted by Crippen LogP contribution is -2.10. The Kier molecular flexibility index (Phi) is 5.53. The van der Waals surface area contributed by atoms with E-state index in [0.29, 0.717) is 0 Å². The lowest BCUT2D eigenvalue weighted by Gasteiger charge is -2.17. The lowest BCUT2D eigenvalue weighted by molar-refractivity contribution is 0.597. The molecule has 1 aromatic heterocycles. The first-order valence-corrected chi connectivity index (χ1v) is 8.48. The van der Waals surface area contributed by atoms with Crippen LogP contribution in [0.3, 0.4) is 0 Å². The topological polar surface area (TPSA) is 17.8 Å². The number of hydrogen-bond donors (Lipinski definition) is 0. The van der Waals surface area contributed by atoms with Gasteiger partial charge in [0, 0.05) is 22.8 Å². The van der Waals surface area contributed by atoms with Gasteiger partial charge in [0.25, 0.3) is 0 Å². The van der Waals surface area contributed by atoms with Gasteiger partial charge in [-0.05, 0) is 31.9 Å². The highest BCUT2D eigenvalue weighted by molar-refractivity contribution is 9.09. The molecule has 0 saturated carbocycles. The summed E-state index contributed by atoms with van der Waals surface area (Å²) in [6, 6.07) is 7.96. The summed E-state index contributed by atoms with van der Waals surface area (Å²) >= 11 is 16.3. The molecule has 0 amide bonds. The molecule has 2 rings (SSSR count). The minimum Gasteiger partial charge on any atom is -0.268 e. The van der Waals surface area contributed by atoms with Crippen molar-refractivity contribution in [3.8, 4) is 0 Å². The molecule has 0 N–H and O–H groups in total. The van der Waals surface area contributed by atoms with E-state index in [1.54, 1.807) is 0 Å². The van der Waals surface area contributed by atoms with Crippen LogP contribution in [0, 0.1) is 6.92 Å². The molecule has 0 aliphatic heterocycles. The van der Waals surface area contributed by atoms with Crippen LogP contribution in [-0.2, 0) is 13.0 Å². The van der Waals surface area contributed by atoms with Crippen LogP contribution in [0.25, 0.3) is 0 Å². The van der Waals surface area contributed by atoms with Crippen molar-refractivity contribution in [1.82, 2.24) is 9.78 Å². The van der Waals surface area contributed by atoms with Crippen LogP contribution in [-0.4, -0.2) is 15.1 Å². The Balaban J connectivity index is 2.34. The van der Waals surface area contributed by atoms with E-state index >= 15 is 0 Å². The number of aromatic nitrogens is 2. The molecule has 1 atom stereocenters. The maximum Gasteiger partial charge on any atom is 0.0847 e. The fourth-order valence-electron chi connectivity index (χ4n) is 2.35. The SMILES string of the molecule is CCn1nc(C)c(Cl)c1CC(CBr)c1ccccc1Cl. The van der Waals surface area contributed by atoms with E-state index in [0.717, 1.165) is 45.3 Å². The smallest absolute Gasteiger partial charge is 0.0847 e. The molecule has 5 heteroatoms. The van der Waals surface area contributed by atoms with E-state index in [4.69, 9.17) is 23.2 Å². The summed E-state index contributed by atoms with van der Waals surface area (Å²) in [6.07, 6.45) is 0.822. The van der Waals surface area contributed by atoms with E-state index in [1.165, 1.54) is 0 Å². The van der Waals surface area contributed by atoms with Gasteiger partial charge in [-0.3, -0.25) is 4.68 Å². The van der Waals surface area contributed by atoms with Gasteiger partial charge in [0.05, 0.1) is 16.4 Å². The van der Waals surface area contributed by atoms with Gasteiger partial charge in [-0.1, -0.05) is 57.3 Å². The second-order valence-electron chi connectivity index (χ2n) is 4.74. The fraction of sp³-hybridized carbons (Fsp3) is 0.400. The van der Waals surface area contributed by atoms with Crippen molar-refractivity contribution in [3.63, 3.8) is 0 Å². The molecular weight excluding hydrogens is 359 g/mol. The second kappa shape index (κ2) is 6.97. The van der Waals surface area contributed by atoms with Gasteiger partial charge in [-0.2, -0.15) is 5.10 Å². The molecule has 2 aromatic rings. The molecule has 2 nitrogen and oxygen atoms in total. The van der Waals surface area contributed by atoms with Crippen molar-refractivity contribution >= 4 is 39.1 Å². The minimum absolute atomic E-state index is 0.280. The van der Waals surface area contributed by atoms with Crippen molar-refractivity contribution in [3.05, 3.63) is 51.3 Å². The molecule has 20 heavy (non-hydrogen) atoms. The molecule has 108 valence electrons. The van der Waals surface area contributed by atoms with Gasteiger partial charge in [0.15, 0.2) is 0 Å². The van der Waals surface area contributed by atoms with Gasteiger partial charge in [-0.15, -0.1) is 0 Å². The first kappa shape index (κ1) is 15.9. The van der Waals surface area contributed by atoms with Gasteiger partial charge in [-0.25, -0.2) is 0 Å². The fourth-order valence-corrected chi connectivity index (χ4v) is 3.43. The van der Waals surface area contributed by atoms with Crippen molar-refractivity contribution in [2.45, 2.75) is 32.7 Å². The Morgan fingerprint density at radius 1 is 1.30 bits per heavy atom. The summed E-state index contributed by atoms with van der Waals surface area (Å²) in [5.74, 6) is 0.280. The highest BCUT2D eigenvalue weighted by Crippen LogP contribution is 2.32. The highest BCUT2D eigenvalue weighted by atomic mass is 79.9. The number of alkyl halides is 1. The standard InChI is InChI=1S/C15H17BrCl2N2/c1-3-20-14(15(18)10(2)19-20)8-11(9-16)12-6-4-5-7-13(12)17/h4-7,11H,3,8-9H2,1-2H3. The van der Waals surface area contributed by atoms with Crippen molar-refractivity contribution in [2.24, 2.45) is 0 Å². The second-order valence-corrected chi connectivity index (χ2v) is 6.17. The average Bonchev–Trinajstić information content (AvgIpc) is 2.73. The third kappa shape index (κ3) is 3.21. The van der Waals surface area contributed by atoms with Crippen molar-refractivity contribution < 1.29 is 0 Å². The summed E-state index contributed by atoms with van der Waals surface area (Å²) in [4.78, 5) is 0. The number of aryl methyl sites for hydroxylation is 2. The van der Waals surface area contributed by atoms with E-state index in [2.05, 4.69) is 34.0 Å². The Hall–Kier alpha value is -0.510. The molecule has 1 unspecified atom stereocenters. The number of halogens is 3. The predicted octanol–water partition coefficient (Wildman–Crippen LogP) is 5.24. The Bertz CT molecular complexity index is 596. The Morgan fingerprint density at radius 3 is 2.60 bits per heavy atom. The molecule has 0 radical (unpaired) electrons. The van der Waals surface area contributed by atoms with Crippen LogP contribution in [0.5, 0.6) is 0 Å². The minimum atomic E-state index is 0.280. The number of benzene rings is 1. The monoisotopic (exact) mass is 374 g/mol. The molecule has 0 saturated heterocycles. The van der Waals surface area contributed by atoms with Gasteiger partial charge >= 0.3 is 0 Å². The maximum absolute atomic E-state index is 6.39. The predicted molar refractivity (Wildman–Crippen MR) is 89.3 cm³/mol. The van der Waals surface area contributed by atoms with Gasteiger partial charge in [0.1, 0.15) is 0 Å². The summed E-state index contributed by atoms with van der Waals surface area (Å²) in [6.45, 7) is 4.84. The molecule has 0 fully saturated rings. The molecule has 1 heterocycles. The van der Waals surface area contributed by atoms with Gasteiger partial charge in [0.2, 0.25) is 0 Å². The maximum atomic E-state index is 6.39. The van der Waals surface area contributed by atoms with Crippen LogP contribution in [0.2, 0.25) is 10.0 Å². The first-order chi connectivity index (χ1) is 9.58. The largest absolute Gasteiger partial charge is 0.268 e. The summed E-state index contributed by atoms with van der Waals surface area (Å²) < 4.78 is 1.98. The van der Waals surface area contributed by atoms with Crippen LogP contribution in [0.1, 0.15) is 29.8 Å². The van der Waals surface area contributed by atoms with E-state index in [1.807, 2.05) is 29.8 Å². The third-order valence-corrected chi connectivity index (χ3v) is 5.04. The van der Waals surface area contributed by atoms with Crippen LogP contribution in [0.15, 0.2) is 24.3 Å². The van der Waals surface area contributed by atoms with Crippen LogP contribution in [0.4, 0.5) is 0 Å². The average molecular weight is 376 g/mol.